The maximum absolute atomic E-state index is 12.5. The van der Waals surface area contributed by atoms with E-state index < -0.39 is 32.9 Å². The Morgan fingerprint density at radius 1 is 1.10 bits per heavy atom. The molecule has 3 rings (SSSR count). The molecule has 0 saturated heterocycles. The number of nitrogens with one attached hydrogen (secondary N) is 1. The second-order valence-electron chi connectivity index (χ2n) is 6.02. The molecule has 0 aromatic heterocycles. The van der Waals surface area contributed by atoms with E-state index in [4.69, 9.17) is 4.74 Å². The number of nitro benzene ring substituents is 2. The number of rotatable bonds is 6. The molecule has 3 aromatic carbocycles. The lowest BCUT2D eigenvalue weighted by Gasteiger charge is -2.09. The number of hydrazone groups is 1. The zero-order valence-corrected chi connectivity index (χ0v) is 15.4. The third-order valence-corrected chi connectivity index (χ3v) is 4.19. The molecule has 0 fully saturated rings. The first kappa shape index (κ1) is 20.2. The Labute approximate surface area is 168 Å². The number of carbonyl (C=O) groups excluding carboxylic acids is 1. The Hall–Kier alpha value is -4.54. The summed E-state index contributed by atoms with van der Waals surface area (Å²) in [7, 11) is 1.41. The molecule has 0 unspecified atom stereocenters. The number of fused-ring (bicyclic) bond motifs is 1. The third-order valence-electron chi connectivity index (χ3n) is 4.19. The van der Waals surface area contributed by atoms with Gasteiger partial charge in [-0.25, -0.2) is 5.43 Å². The lowest BCUT2D eigenvalue weighted by Crippen LogP contribution is -2.18. The number of carbonyl (C=O) groups is 1. The number of methoxy groups -OCH3 is 1. The lowest BCUT2D eigenvalue weighted by atomic mass is 10.1. The fourth-order valence-corrected chi connectivity index (χ4v) is 2.76. The molecular weight excluding hydrogens is 396 g/mol. The van der Waals surface area contributed by atoms with Crippen LogP contribution in [-0.2, 0) is 0 Å². The molecule has 0 aliphatic rings. The molecule has 0 saturated carbocycles. The number of hydrogen-bond acceptors (Lipinski definition) is 8. The van der Waals surface area contributed by atoms with Gasteiger partial charge in [-0.15, -0.1) is 0 Å². The van der Waals surface area contributed by atoms with Crippen molar-refractivity contribution in [3.05, 3.63) is 79.9 Å². The summed E-state index contributed by atoms with van der Waals surface area (Å²) in [5, 5.41) is 37.2. The predicted molar refractivity (Wildman–Crippen MR) is 107 cm³/mol. The van der Waals surface area contributed by atoms with Crippen LogP contribution in [0.1, 0.15) is 15.9 Å². The summed E-state index contributed by atoms with van der Waals surface area (Å²) in [6.45, 7) is 0. The van der Waals surface area contributed by atoms with Gasteiger partial charge in [0.25, 0.3) is 11.6 Å². The molecule has 0 atom stereocenters. The van der Waals surface area contributed by atoms with Gasteiger partial charge in [-0.3, -0.25) is 25.0 Å². The summed E-state index contributed by atoms with van der Waals surface area (Å²) in [5.41, 5.74) is 0.629. The summed E-state index contributed by atoms with van der Waals surface area (Å²) in [4.78, 5) is 32.7. The van der Waals surface area contributed by atoms with Crippen molar-refractivity contribution in [2.24, 2.45) is 5.10 Å². The molecule has 0 bridgehead atoms. The largest absolute Gasteiger partial charge is 0.502 e. The number of phenols is 1. The van der Waals surface area contributed by atoms with Crippen LogP contribution in [0.5, 0.6) is 11.5 Å². The zero-order valence-electron chi connectivity index (χ0n) is 15.4. The molecule has 1 amide bonds. The van der Waals surface area contributed by atoms with E-state index >= 15 is 0 Å². The number of hydrogen-bond donors (Lipinski definition) is 2. The Morgan fingerprint density at radius 2 is 1.77 bits per heavy atom. The number of nitrogens with zero attached hydrogens (tertiary/aromatic N) is 3. The van der Waals surface area contributed by atoms with Crippen molar-refractivity contribution in [1.82, 2.24) is 5.43 Å². The molecule has 152 valence electrons. The van der Waals surface area contributed by atoms with Crippen molar-refractivity contribution >= 4 is 34.3 Å². The van der Waals surface area contributed by atoms with Crippen LogP contribution >= 0.6 is 0 Å². The number of non-ortho nitro benzene ring substituents is 1. The first-order valence-electron chi connectivity index (χ1n) is 8.37. The SMILES string of the molecule is COc1cc2ccccc2cc1C(=O)N/N=C\c1cc([N+](=O)[O-])cc([N+](=O)[O-])c1O. The zero-order chi connectivity index (χ0) is 21.8. The molecule has 11 nitrogen and oxygen atoms in total. The number of aromatic hydroxyl groups is 1. The van der Waals surface area contributed by atoms with E-state index in [0.717, 1.165) is 23.1 Å². The van der Waals surface area contributed by atoms with Crippen molar-refractivity contribution in [2.45, 2.75) is 0 Å². The fraction of sp³-hybridized carbons (Fsp3) is 0.0526. The van der Waals surface area contributed by atoms with Crippen molar-refractivity contribution in [2.75, 3.05) is 7.11 Å². The Morgan fingerprint density at radius 3 is 2.37 bits per heavy atom. The average Bonchev–Trinajstić information content (AvgIpc) is 2.73. The predicted octanol–water partition coefficient (Wildman–Crippen LogP) is 3.13. The number of nitro groups is 2. The molecule has 0 spiro atoms. The van der Waals surface area contributed by atoms with E-state index in [2.05, 4.69) is 10.5 Å². The topological polar surface area (TPSA) is 157 Å². The standard InChI is InChI=1S/C19H14N4O7/c1-30-17-8-12-5-3-2-4-11(12)7-15(17)19(25)21-20-10-13-6-14(22(26)27)9-16(18(13)24)23(28)29/h2-10,24H,1H3,(H,21,25)/b20-10-. The summed E-state index contributed by atoms with van der Waals surface area (Å²) in [6.07, 6.45) is 0.876. The third kappa shape index (κ3) is 3.99. The van der Waals surface area contributed by atoms with E-state index in [1.54, 1.807) is 12.1 Å². The van der Waals surface area contributed by atoms with Crippen LogP contribution in [0.25, 0.3) is 10.8 Å². The maximum Gasteiger partial charge on any atom is 0.318 e. The highest BCUT2D eigenvalue weighted by Gasteiger charge is 2.23. The van der Waals surface area contributed by atoms with Gasteiger partial charge in [-0.05, 0) is 22.9 Å². The number of amides is 1. The first-order chi connectivity index (χ1) is 14.3. The maximum atomic E-state index is 12.5. The van der Waals surface area contributed by atoms with E-state index in [0.29, 0.717) is 11.8 Å². The second kappa shape index (κ2) is 8.22. The Bertz CT molecular complexity index is 1210. The van der Waals surface area contributed by atoms with Crippen molar-refractivity contribution in [3.8, 4) is 11.5 Å². The molecule has 11 heteroatoms. The molecule has 3 aromatic rings. The molecule has 0 heterocycles. The fourth-order valence-electron chi connectivity index (χ4n) is 2.76. The Balaban J connectivity index is 1.90. The van der Waals surface area contributed by atoms with Gasteiger partial charge in [0.2, 0.25) is 5.75 Å². The van der Waals surface area contributed by atoms with Gasteiger partial charge in [0.1, 0.15) is 5.75 Å². The van der Waals surface area contributed by atoms with Gasteiger partial charge in [0.15, 0.2) is 0 Å². The highest BCUT2D eigenvalue weighted by atomic mass is 16.6. The van der Waals surface area contributed by atoms with E-state index in [-0.39, 0.29) is 11.1 Å². The van der Waals surface area contributed by atoms with Crippen LogP contribution in [0.15, 0.2) is 53.6 Å². The minimum Gasteiger partial charge on any atom is -0.502 e. The first-order valence-corrected chi connectivity index (χ1v) is 8.37. The molecule has 30 heavy (non-hydrogen) atoms. The van der Waals surface area contributed by atoms with Crippen molar-refractivity contribution < 1.29 is 24.5 Å². The van der Waals surface area contributed by atoms with Crippen LogP contribution < -0.4 is 10.2 Å². The molecular formula is C19H14N4O7. The highest BCUT2D eigenvalue weighted by molar-refractivity contribution is 6.02. The Kier molecular flexibility index (Phi) is 5.54. The molecule has 2 N–H and O–H groups in total. The van der Waals surface area contributed by atoms with Crippen LogP contribution in [0.4, 0.5) is 11.4 Å². The highest BCUT2D eigenvalue weighted by Crippen LogP contribution is 2.33. The van der Waals surface area contributed by atoms with Crippen molar-refractivity contribution in [1.29, 1.82) is 0 Å². The van der Waals surface area contributed by atoms with Crippen LogP contribution in [0.2, 0.25) is 0 Å². The van der Waals surface area contributed by atoms with Crippen LogP contribution in [0, 0.1) is 20.2 Å². The van der Waals surface area contributed by atoms with E-state index in [1.807, 2.05) is 24.3 Å². The quantitative estimate of drug-likeness (QED) is 0.359. The molecule has 0 radical (unpaired) electrons. The average molecular weight is 410 g/mol. The summed E-state index contributed by atoms with van der Waals surface area (Å²) < 4.78 is 5.24. The van der Waals surface area contributed by atoms with Gasteiger partial charge >= 0.3 is 5.69 Å². The van der Waals surface area contributed by atoms with Gasteiger partial charge in [0.05, 0.1) is 40.4 Å². The van der Waals surface area contributed by atoms with Gasteiger partial charge < -0.3 is 9.84 Å². The number of benzene rings is 3. The van der Waals surface area contributed by atoms with Crippen LogP contribution in [0.3, 0.4) is 0 Å². The summed E-state index contributed by atoms with van der Waals surface area (Å²) in [6, 6.07) is 12.1. The number of ether oxygens (including phenoxy) is 1. The van der Waals surface area contributed by atoms with Gasteiger partial charge in [0, 0.05) is 6.07 Å². The van der Waals surface area contributed by atoms with Gasteiger partial charge in [-0.1, -0.05) is 24.3 Å². The normalized spacial score (nSPS) is 10.8. The van der Waals surface area contributed by atoms with Crippen LogP contribution in [-0.4, -0.2) is 34.2 Å². The second-order valence-corrected chi connectivity index (χ2v) is 6.02. The minimum atomic E-state index is -0.960. The van der Waals surface area contributed by atoms with E-state index in [9.17, 15) is 30.1 Å². The molecule has 0 aliphatic heterocycles. The minimum absolute atomic E-state index is 0.183. The molecule has 0 aliphatic carbocycles. The van der Waals surface area contributed by atoms with Gasteiger partial charge in [-0.2, -0.15) is 5.10 Å². The lowest BCUT2D eigenvalue weighted by molar-refractivity contribution is -0.394. The smallest absolute Gasteiger partial charge is 0.318 e. The summed E-state index contributed by atoms with van der Waals surface area (Å²) >= 11 is 0. The van der Waals surface area contributed by atoms with E-state index in [1.165, 1.54) is 7.11 Å². The monoisotopic (exact) mass is 410 g/mol. The number of phenolic OH excluding ortho intramolecular Hbond substituents is 1. The van der Waals surface area contributed by atoms with Crippen molar-refractivity contribution in [3.63, 3.8) is 0 Å². The summed E-state index contributed by atoms with van der Waals surface area (Å²) in [5.74, 6) is -1.16.